The summed E-state index contributed by atoms with van der Waals surface area (Å²) in [4.78, 5) is 15.4. The number of hydrogen-bond acceptors (Lipinski definition) is 5. The molecule has 2 bridgehead atoms. The molecule has 56 heavy (non-hydrogen) atoms. The van der Waals surface area contributed by atoms with E-state index in [0.717, 1.165) is 73.1 Å². The fraction of sp³-hybridized carbons (Fsp3) is 0.216. The van der Waals surface area contributed by atoms with Crippen LogP contribution in [0.25, 0.3) is 78.4 Å². The summed E-state index contributed by atoms with van der Waals surface area (Å²) in [7, 11) is 0. The van der Waals surface area contributed by atoms with Gasteiger partial charge in [-0.2, -0.15) is 5.26 Å². The molecule has 0 aliphatic heterocycles. The van der Waals surface area contributed by atoms with Crippen LogP contribution in [0.4, 0.5) is 0 Å². The van der Waals surface area contributed by atoms with Gasteiger partial charge in [0.15, 0.2) is 17.5 Å². The number of rotatable bonds is 6. The second-order valence-electron chi connectivity index (χ2n) is 16.5. The average Bonchev–Trinajstić information content (AvgIpc) is 3.60. The average molecular weight is 727 g/mol. The molecule has 10 rings (SSSR count). The highest BCUT2D eigenvalue weighted by atomic mass is 16.3. The summed E-state index contributed by atoms with van der Waals surface area (Å²) in [5.74, 6) is 4.29. The van der Waals surface area contributed by atoms with Crippen LogP contribution in [0.2, 0.25) is 0 Å². The summed E-state index contributed by atoms with van der Waals surface area (Å²) in [5, 5.41) is 11.4. The molecule has 6 aromatic carbocycles. The van der Waals surface area contributed by atoms with Crippen LogP contribution in [0.3, 0.4) is 0 Å². The van der Waals surface area contributed by atoms with Crippen molar-refractivity contribution in [2.45, 2.75) is 51.4 Å². The second kappa shape index (κ2) is 13.7. The Labute approximate surface area is 327 Å². The number of fused-ring (bicyclic) bond motifs is 5. The van der Waals surface area contributed by atoms with Crippen LogP contribution < -0.4 is 0 Å². The van der Waals surface area contributed by atoms with Crippen molar-refractivity contribution in [1.82, 2.24) is 15.0 Å². The molecule has 2 aromatic heterocycles. The highest BCUT2D eigenvalue weighted by Crippen LogP contribution is 2.54. The Morgan fingerprint density at radius 1 is 0.536 bits per heavy atom. The van der Waals surface area contributed by atoms with Gasteiger partial charge >= 0.3 is 0 Å². The zero-order chi connectivity index (χ0) is 37.8. The Kier molecular flexibility index (Phi) is 8.37. The molecule has 0 N–H and O–H groups in total. The first-order chi connectivity index (χ1) is 27.4. The number of hydrogen-bond donors (Lipinski definition) is 0. The topological polar surface area (TPSA) is 75.6 Å². The van der Waals surface area contributed by atoms with Gasteiger partial charge in [0.25, 0.3) is 0 Å². The molecule has 2 saturated carbocycles. The summed E-state index contributed by atoms with van der Waals surface area (Å²) in [6.07, 6.45) is 6.67. The predicted octanol–water partition coefficient (Wildman–Crippen LogP) is 13.1. The Morgan fingerprint density at radius 3 is 1.95 bits per heavy atom. The maximum Gasteiger partial charge on any atom is 0.164 e. The largest absolute Gasteiger partial charge is 0.456 e. The molecular formula is C51H42N4O. The van der Waals surface area contributed by atoms with Gasteiger partial charge < -0.3 is 4.42 Å². The zero-order valence-corrected chi connectivity index (χ0v) is 31.7. The van der Waals surface area contributed by atoms with E-state index in [-0.39, 0.29) is 0 Å². The molecule has 2 fully saturated rings. The van der Waals surface area contributed by atoms with E-state index in [4.69, 9.17) is 19.4 Å². The maximum atomic E-state index is 9.44. The van der Waals surface area contributed by atoms with Crippen LogP contribution in [0.15, 0.2) is 144 Å². The van der Waals surface area contributed by atoms with Crippen molar-refractivity contribution in [2.24, 2.45) is 17.8 Å². The Bertz CT molecular complexity index is 2780. The van der Waals surface area contributed by atoms with Crippen LogP contribution in [0.1, 0.15) is 57.1 Å². The SMILES string of the molecule is C[C@@H]1C[C@@H]2C[C@H](C)CC(c3ccc(-c4ccccc4-c4nc(-c5ccccc5)nc(-c5cccc(-c6ccc7c(c6)oc6ccc(C#N)cc67)c5)n4)cc3)(C1)C2. The third-order valence-electron chi connectivity index (χ3n) is 12.3. The lowest BCUT2D eigenvalue weighted by atomic mass is 9.54. The number of nitriles is 1. The molecule has 2 aliphatic rings. The van der Waals surface area contributed by atoms with Crippen LogP contribution in [0, 0.1) is 29.1 Å². The molecular weight excluding hydrogens is 685 g/mol. The quantitative estimate of drug-likeness (QED) is 0.170. The minimum absolute atomic E-state index is 0.292. The molecule has 2 heterocycles. The molecule has 4 atom stereocenters. The van der Waals surface area contributed by atoms with Crippen LogP contribution in [0.5, 0.6) is 0 Å². The van der Waals surface area contributed by atoms with Crippen LogP contribution in [-0.4, -0.2) is 15.0 Å². The molecule has 0 radical (unpaired) electrons. The van der Waals surface area contributed by atoms with Crippen molar-refractivity contribution in [3.63, 3.8) is 0 Å². The van der Waals surface area contributed by atoms with E-state index in [1.165, 1.54) is 43.2 Å². The van der Waals surface area contributed by atoms with Gasteiger partial charge in [0, 0.05) is 27.5 Å². The molecule has 5 heteroatoms. The first kappa shape index (κ1) is 34.1. The van der Waals surface area contributed by atoms with Crippen LogP contribution in [-0.2, 0) is 5.41 Å². The highest BCUT2D eigenvalue weighted by Gasteiger charge is 2.45. The zero-order valence-electron chi connectivity index (χ0n) is 31.7. The minimum Gasteiger partial charge on any atom is -0.456 e. The molecule has 5 nitrogen and oxygen atoms in total. The smallest absolute Gasteiger partial charge is 0.164 e. The van der Waals surface area contributed by atoms with E-state index in [0.29, 0.717) is 28.5 Å². The number of benzene rings is 6. The Morgan fingerprint density at radius 2 is 1.18 bits per heavy atom. The first-order valence-corrected chi connectivity index (χ1v) is 19.9. The summed E-state index contributed by atoms with van der Waals surface area (Å²) in [6.45, 7) is 4.91. The molecule has 272 valence electrons. The predicted molar refractivity (Wildman–Crippen MR) is 226 cm³/mol. The third kappa shape index (κ3) is 6.16. The van der Waals surface area contributed by atoms with Gasteiger partial charge in [-0.05, 0) is 119 Å². The lowest BCUT2D eigenvalue weighted by Gasteiger charge is -2.50. The fourth-order valence-electron chi connectivity index (χ4n) is 10.2. The van der Waals surface area contributed by atoms with E-state index in [2.05, 4.69) is 111 Å². The second-order valence-corrected chi connectivity index (χ2v) is 16.5. The van der Waals surface area contributed by atoms with Gasteiger partial charge in [-0.15, -0.1) is 0 Å². The molecule has 8 aromatic rings. The van der Waals surface area contributed by atoms with Crippen LogP contribution >= 0.6 is 0 Å². The lowest BCUT2D eigenvalue weighted by molar-refractivity contribution is 0.0780. The fourth-order valence-corrected chi connectivity index (χ4v) is 10.2. The summed E-state index contributed by atoms with van der Waals surface area (Å²) >= 11 is 0. The third-order valence-corrected chi connectivity index (χ3v) is 12.3. The number of furan rings is 1. The van der Waals surface area contributed by atoms with Gasteiger partial charge in [-0.1, -0.05) is 117 Å². The van der Waals surface area contributed by atoms with Crippen molar-refractivity contribution in [3.05, 3.63) is 151 Å². The Balaban J connectivity index is 1.04. The summed E-state index contributed by atoms with van der Waals surface area (Å²) < 4.78 is 6.23. The summed E-state index contributed by atoms with van der Waals surface area (Å²) in [5.41, 5.74) is 11.1. The highest BCUT2D eigenvalue weighted by molar-refractivity contribution is 6.06. The Hall–Kier alpha value is -6.38. The van der Waals surface area contributed by atoms with Gasteiger partial charge in [0.2, 0.25) is 0 Å². The van der Waals surface area contributed by atoms with E-state index in [9.17, 15) is 5.26 Å². The molecule has 1 unspecified atom stereocenters. The molecule has 0 spiro atoms. The van der Waals surface area contributed by atoms with Gasteiger partial charge in [-0.25, -0.2) is 15.0 Å². The standard InChI is InChI=1S/C51H42N4O/c1-32-23-35-24-33(2)29-51(28-32,30-35)41-19-16-36(17-20-41)42-13-6-7-14-44(42)50-54-48(37-9-4-3-5-10-37)53-49(55-50)40-12-8-11-38(26-40)39-18-21-43-45-25-34(31-52)15-22-46(45)56-47(43)27-39/h3-22,25-27,32-33,35H,23-24,28-30H2,1-2H3/t32-,33+,35-,51?. The lowest BCUT2D eigenvalue weighted by Crippen LogP contribution is -2.42. The maximum absolute atomic E-state index is 9.44. The van der Waals surface area contributed by atoms with E-state index in [1.807, 2.05) is 42.5 Å². The van der Waals surface area contributed by atoms with Gasteiger partial charge in [0.05, 0.1) is 11.6 Å². The van der Waals surface area contributed by atoms with Gasteiger partial charge in [-0.3, -0.25) is 0 Å². The van der Waals surface area contributed by atoms with E-state index in [1.54, 1.807) is 6.07 Å². The van der Waals surface area contributed by atoms with E-state index < -0.39 is 0 Å². The normalized spacial score (nSPS) is 20.6. The van der Waals surface area contributed by atoms with Crippen molar-refractivity contribution in [2.75, 3.05) is 0 Å². The monoisotopic (exact) mass is 726 g/mol. The van der Waals surface area contributed by atoms with Crippen molar-refractivity contribution in [3.8, 4) is 62.5 Å². The van der Waals surface area contributed by atoms with Crippen molar-refractivity contribution < 1.29 is 4.42 Å². The van der Waals surface area contributed by atoms with Crippen molar-refractivity contribution in [1.29, 1.82) is 5.26 Å². The molecule has 0 amide bonds. The minimum atomic E-state index is 0.292. The summed E-state index contributed by atoms with van der Waals surface area (Å²) in [6, 6.07) is 50.5. The number of aromatic nitrogens is 3. The molecule has 0 saturated heterocycles. The molecule has 2 aliphatic carbocycles. The van der Waals surface area contributed by atoms with E-state index >= 15 is 0 Å². The van der Waals surface area contributed by atoms with Gasteiger partial charge in [0.1, 0.15) is 11.2 Å². The number of nitrogens with zero attached hydrogens (tertiary/aromatic N) is 4. The first-order valence-electron chi connectivity index (χ1n) is 19.9. The van der Waals surface area contributed by atoms with Crippen molar-refractivity contribution >= 4 is 21.9 Å².